The van der Waals surface area contributed by atoms with E-state index in [2.05, 4.69) is 7.98 Å². The first kappa shape index (κ1) is 28.5. The average Bonchev–Trinajstić information content (AvgIpc) is 2.44. The third kappa shape index (κ3) is 9.88. The summed E-state index contributed by atoms with van der Waals surface area (Å²) in [6.45, 7) is 0. The molecule has 0 bridgehead atoms. The van der Waals surface area contributed by atoms with E-state index >= 15 is 0 Å². The Balaban J connectivity index is 0. The molecule has 0 saturated carbocycles. The molecule has 0 fully saturated rings. The Labute approximate surface area is 205 Å². The summed E-state index contributed by atoms with van der Waals surface area (Å²) in [7, 11) is 0. The number of hydrogen-bond acceptors (Lipinski definition) is 10. The zero-order valence-corrected chi connectivity index (χ0v) is 14.8. The van der Waals surface area contributed by atoms with Gasteiger partial charge in [-0.05, 0) is 0 Å². The van der Waals surface area contributed by atoms with Gasteiger partial charge in [0.1, 0.15) is 0 Å². The number of ether oxygens (including phenoxy) is 1. The van der Waals surface area contributed by atoms with E-state index in [4.69, 9.17) is 15.3 Å². The summed E-state index contributed by atoms with van der Waals surface area (Å²) >= 11 is 1.29. The van der Waals surface area contributed by atoms with E-state index in [1.807, 2.05) is 0 Å². The first-order valence-electron chi connectivity index (χ1n) is 6.41. The van der Waals surface area contributed by atoms with Crippen molar-refractivity contribution in [2.75, 3.05) is 0 Å². The Hall–Kier alpha value is -0.683. The van der Waals surface area contributed by atoms with Crippen LogP contribution in [0.2, 0.25) is 0 Å². The quantitative estimate of drug-likeness (QED) is 0.0940. The summed E-state index contributed by atoms with van der Waals surface area (Å²) in [5, 5.41) is 45.6. The number of hydrogen-bond donors (Lipinski definition) is 5. The molecule has 2 unspecified atom stereocenters. The van der Waals surface area contributed by atoms with Gasteiger partial charge in [0.2, 0.25) is 0 Å². The fourth-order valence-electron chi connectivity index (χ4n) is 1.61. The monoisotopic (exact) mass is 602 g/mol. The molecule has 0 saturated heterocycles. The van der Waals surface area contributed by atoms with Crippen molar-refractivity contribution in [2.45, 2.75) is 36.9 Å². The molecule has 152 valence electrons. The van der Waals surface area contributed by atoms with Gasteiger partial charge in [-0.3, -0.25) is 4.79 Å². The first-order chi connectivity index (χ1) is 11.8. The van der Waals surface area contributed by atoms with Crippen molar-refractivity contribution in [3.63, 3.8) is 0 Å². The van der Waals surface area contributed by atoms with Crippen LogP contribution in [0.3, 0.4) is 0 Å². The third-order valence-corrected chi connectivity index (χ3v) is 3.34. The van der Waals surface area contributed by atoms with Gasteiger partial charge < -0.3 is 5.11 Å². The van der Waals surface area contributed by atoms with Crippen LogP contribution in [0.25, 0.3) is 0 Å². The predicted octanol–water partition coefficient (Wildman–Crippen LogP) is -3.31. The standard InChI is InChI=1S/C12H14O13.Au.K.H/c13-5(14)1-11(23,9(19)20)3-7(17)25-8(18)4-12(24,10(21)22)2-6(15)16;;;/h23-24H,1-4H2,(H,13,14)(H,15,16)(H,19,20)(H,21,22);;;/q;+1;;/p-1. The minimum absolute atomic E-state index is 0. The van der Waals surface area contributed by atoms with Crippen molar-refractivity contribution in [3.05, 3.63) is 0 Å². The van der Waals surface area contributed by atoms with Crippen molar-refractivity contribution in [3.8, 4) is 0 Å². The maximum atomic E-state index is 11.6. The summed E-state index contributed by atoms with van der Waals surface area (Å²) < 4.78 is 8.16. The fraction of sp³-hybridized carbons (Fsp3) is 0.500. The summed E-state index contributed by atoms with van der Waals surface area (Å²) in [5.74, 6) is -10.4. The fourth-order valence-corrected chi connectivity index (χ4v) is 1.77. The SMILES string of the molecule is O=C(O)CC(O)(CC(=O)OC(=O)CC(O)(CC(=O)[O][Au])C(=O)O)C(=O)O.[KH]. The molecular formula is C12H14AuKO13. The normalized spacial score (nSPS) is 14.5. The second-order valence-electron chi connectivity index (χ2n) is 5.05. The van der Waals surface area contributed by atoms with Gasteiger partial charge in [-0.1, -0.05) is 0 Å². The molecule has 0 heterocycles. The topological polar surface area (TPSA) is 222 Å². The van der Waals surface area contributed by atoms with Crippen LogP contribution in [0.5, 0.6) is 0 Å². The molecule has 5 N–H and O–H groups in total. The second kappa shape index (κ2) is 12.0. The van der Waals surface area contributed by atoms with Crippen LogP contribution in [0.15, 0.2) is 0 Å². The van der Waals surface area contributed by atoms with Crippen molar-refractivity contribution in [2.24, 2.45) is 0 Å². The van der Waals surface area contributed by atoms with Crippen LogP contribution in [-0.4, -0.2) is 124 Å². The van der Waals surface area contributed by atoms with Crippen LogP contribution in [0.4, 0.5) is 0 Å². The molecule has 0 aromatic carbocycles. The first-order valence-corrected chi connectivity index (χ1v) is 7.29. The van der Waals surface area contributed by atoms with Gasteiger partial charge in [0.25, 0.3) is 0 Å². The molecule has 0 aromatic rings. The molecule has 0 rings (SSSR count). The van der Waals surface area contributed by atoms with Crippen LogP contribution in [0, 0.1) is 0 Å². The van der Waals surface area contributed by atoms with Crippen LogP contribution in [0.1, 0.15) is 25.7 Å². The molecule has 0 radical (unpaired) electrons. The summed E-state index contributed by atoms with van der Waals surface area (Å²) in [4.78, 5) is 66.5. The van der Waals surface area contributed by atoms with Crippen LogP contribution >= 0.6 is 0 Å². The Bertz CT molecular complexity index is 635. The van der Waals surface area contributed by atoms with Crippen molar-refractivity contribution < 1.29 is 83.7 Å². The second-order valence-corrected chi connectivity index (χ2v) is 5.50. The van der Waals surface area contributed by atoms with Gasteiger partial charge in [0, 0.05) is 0 Å². The van der Waals surface area contributed by atoms with Crippen LogP contribution in [-0.2, 0) is 58.2 Å². The van der Waals surface area contributed by atoms with Gasteiger partial charge in [0.05, 0.1) is 0 Å². The van der Waals surface area contributed by atoms with E-state index in [0.29, 0.717) is 0 Å². The maximum absolute atomic E-state index is 11.6. The van der Waals surface area contributed by atoms with Gasteiger partial charge in [0.15, 0.2) is 0 Å². The molecule has 0 aliphatic rings. The van der Waals surface area contributed by atoms with Crippen LogP contribution < -0.4 is 0 Å². The number of esters is 2. The molecule has 13 nitrogen and oxygen atoms in total. The Morgan fingerprint density at radius 1 is 0.704 bits per heavy atom. The summed E-state index contributed by atoms with van der Waals surface area (Å²) in [5.41, 5.74) is -6.05. The Kier molecular flexibility index (Phi) is 12.7. The van der Waals surface area contributed by atoms with Gasteiger partial charge >= 0.3 is 198 Å². The van der Waals surface area contributed by atoms with E-state index in [-0.39, 0.29) is 51.4 Å². The van der Waals surface area contributed by atoms with Gasteiger partial charge in [-0.2, -0.15) is 0 Å². The molecule has 0 aromatic heterocycles. The molecule has 0 aliphatic heterocycles. The number of aliphatic hydroxyl groups is 2. The number of carboxylic acids is 3. The number of rotatable bonds is 10. The molecule has 0 amide bonds. The van der Waals surface area contributed by atoms with Crippen molar-refractivity contribution >= 4 is 87.2 Å². The Morgan fingerprint density at radius 2 is 1.04 bits per heavy atom. The number of carboxylic acid groups (broad SMARTS) is 3. The molecule has 0 spiro atoms. The molecule has 27 heavy (non-hydrogen) atoms. The summed E-state index contributed by atoms with van der Waals surface area (Å²) in [6, 6.07) is 0. The van der Waals surface area contributed by atoms with Crippen molar-refractivity contribution in [1.82, 2.24) is 0 Å². The molecule has 0 aliphatic carbocycles. The predicted molar refractivity (Wildman–Crippen MR) is 75.6 cm³/mol. The van der Waals surface area contributed by atoms with Gasteiger partial charge in [-0.15, -0.1) is 0 Å². The zero-order chi connectivity index (χ0) is 20.7. The Morgan fingerprint density at radius 3 is 1.33 bits per heavy atom. The molecule has 15 heteroatoms. The van der Waals surface area contributed by atoms with E-state index in [9.17, 15) is 39.0 Å². The third-order valence-electron chi connectivity index (χ3n) is 2.85. The van der Waals surface area contributed by atoms with E-state index in [1.165, 1.54) is 21.5 Å². The number of aliphatic carboxylic acids is 3. The minimum atomic E-state index is -3.07. The van der Waals surface area contributed by atoms with Crippen molar-refractivity contribution in [1.29, 1.82) is 0 Å². The van der Waals surface area contributed by atoms with E-state index in [1.54, 1.807) is 0 Å². The number of carbonyl (C=O) groups is 6. The molecule has 2 atom stereocenters. The number of carbonyl (C=O) groups excluding carboxylic acids is 3. The van der Waals surface area contributed by atoms with E-state index < -0.39 is 72.7 Å². The summed E-state index contributed by atoms with van der Waals surface area (Å²) in [6.07, 6.45) is -5.38. The average molecular weight is 602 g/mol. The van der Waals surface area contributed by atoms with E-state index in [0.717, 1.165) is 0 Å². The van der Waals surface area contributed by atoms with Gasteiger partial charge in [-0.25, -0.2) is 0 Å². The molecular weight excluding hydrogens is 588 g/mol. The zero-order valence-electron chi connectivity index (χ0n) is 12.6.